The van der Waals surface area contributed by atoms with Crippen LogP contribution in [0.1, 0.15) is 24.6 Å². The number of hydrogen-bond donors (Lipinski definition) is 3. The fraction of sp³-hybridized carbons (Fsp3) is 0.381. The monoisotopic (exact) mass is 411 g/mol. The van der Waals surface area contributed by atoms with Crippen molar-refractivity contribution in [2.24, 2.45) is 5.92 Å². The molecule has 0 saturated carbocycles. The van der Waals surface area contributed by atoms with Crippen LogP contribution >= 0.6 is 0 Å². The third kappa shape index (κ3) is 4.43. The van der Waals surface area contributed by atoms with Crippen molar-refractivity contribution in [3.05, 3.63) is 58.8 Å². The van der Waals surface area contributed by atoms with Crippen molar-refractivity contribution >= 4 is 0 Å². The van der Waals surface area contributed by atoms with Crippen LogP contribution in [0.25, 0.3) is 16.9 Å². The van der Waals surface area contributed by atoms with E-state index in [2.05, 4.69) is 20.4 Å². The summed E-state index contributed by atoms with van der Waals surface area (Å²) < 4.78 is 11.8. The van der Waals surface area contributed by atoms with Crippen molar-refractivity contribution in [2.75, 3.05) is 26.9 Å². The molecule has 0 bridgehead atoms. The van der Waals surface area contributed by atoms with E-state index in [0.717, 1.165) is 32.6 Å². The fourth-order valence-electron chi connectivity index (χ4n) is 3.47. The summed E-state index contributed by atoms with van der Waals surface area (Å²) in [6.45, 7) is 2.27. The molecule has 4 heterocycles. The normalized spacial score (nSPS) is 15.8. The Morgan fingerprint density at radius 3 is 2.90 bits per heavy atom. The number of rotatable bonds is 7. The Bertz CT molecular complexity index is 1020. The van der Waals surface area contributed by atoms with Gasteiger partial charge in [-0.3, -0.25) is 15.2 Å². The standard InChI is InChI=1S/C21H25N5O4/c1-29-19-10-15(4-7-22-19)17-13-25-26(21(17)28)18-3-2-16(12-23-18)20(27)24-11-14-5-8-30-9-6-14/h2-4,7,10,12-14,20,24-25,27H,5-6,8-9,11H2,1H3. The van der Waals surface area contributed by atoms with E-state index >= 15 is 0 Å². The van der Waals surface area contributed by atoms with Gasteiger partial charge < -0.3 is 14.6 Å². The molecule has 1 aliphatic heterocycles. The Balaban J connectivity index is 1.46. The summed E-state index contributed by atoms with van der Waals surface area (Å²) in [6.07, 6.45) is 5.97. The molecule has 0 amide bonds. The van der Waals surface area contributed by atoms with E-state index in [1.165, 1.54) is 11.8 Å². The van der Waals surface area contributed by atoms with Crippen LogP contribution in [0.5, 0.6) is 5.88 Å². The Labute approximate surface area is 173 Å². The zero-order valence-corrected chi connectivity index (χ0v) is 16.7. The van der Waals surface area contributed by atoms with Crippen LogP contribution in [0.15, 0.2) is 47.7 Å². The lowest BCUT2D eigenvalue weighted by atomic mass is 10.0. The van der Waals surface area contributed by atoms with Gasteiger partial charge in [-0.25, -0.2) is 14.6 Å². The Morgan fingerprint density at radius 1 is 1.33 bits per heavy atom. The number of pyridine rings is 2. The van der Waals surface area contributed by atoms with Gasteiger partial charge in [-0.05, 0) is 42.5 Å². The molecule has 9 nitrogen and oxygen atoms in total. The van der Waals surface area contributed by atoms with E-state index in [-0.39, 0.29) is 5.56 Å². The van der Waals surface area contributed by atoms with Gasteiger partial charge in [0.2, 0.25) is 5.88 Å². The van der Waals surface area contributed by atoms with Gasteiger partial charge in [-0.1, -0.05) is 0 Å². The minimum absolute atomic E-state index is 0.235. The summed E-state index contributed by atoms with van der Waals surface area (Å²) >= 11 is 0. The molecule has 1 unspecified atom stereocenters. The second-order valence-corrected chi connectivity index (χ2v) is 7.23. The average Bonchev–Trinajstić information content (AvgIpc) is 3.19. The summed E-state index contributed by atoms with van der Waals surface area (Å²) in [4.78, 5) is 21.2. The summed E-state index contributed by atoms with van der Waals surface area (Å²) in [5.41, 5.74) is 1.59. The number of nitrogens with zero attached hydrogens (tertiary/aromatic N) is 3. The Hall–Kier alpha value is -3.01. The van der Waals surface area contributed by atoms with E-state index in [1.807, 2.05) is 0 Å². The summed E-state index contributed by atoms with van der Waals surface area (Å²) in [5.74, 6) is 1.38. The molecule has 30 heavy (non-hydrogen) atoms. The first-order valence-corrected chi connectivity index (χ1v) is 9.92. The van der Waals surface area contributed by atoms with Gasteiger partial charge in [0.1, 0.15) is 6.23 Å². The van der Waals surface area contributed by atoms with Gasteiger partial charge in [-0.2, -0.15) is 0 Å². The molecule has 9 heteroatoms. The molecule has 3 N–H and O–H groups in total. The van der Waals surface area contributed by atoms with Gasteiger partial charge in [0.15, 0.2) is 5.82 Å². The summed E-state index contributed by atoms with van der Waals surface area (Å²) in [7, 11) is 1.53. The van der Waals surface area contributed by atoms with Crippen molar-refractivity contribution in [3.63, 3.8) is 0 Å². The molecule has 0 radical (unpaired) electrons. The lowest BCUT2D eigenvalue weighted by molar-refractivity contribution is 0.0568. The number of hydrogen-bond acceptors (Lipinski definition) is 7. The van der Waals surface area contributed by atoms with Crippen molar-refractivity contribution in [1.29, 1.82) is 0 Å². The molecule has 1 saturated heterocycles. The second-order valence-electron chi connectivity index (χ2n) is 7.23. The number of ether oxygens (including phenoxy) is 2. The molecule has 1 atom stereocenters. The maximum atomic E-state index is 12.8. The third-order valence-electron chi connectivity index (χ3n) is 5.28. The number of methoxy groups -OCH3 is 1. The van der Waals surface area contributed by atoms with Crippen LogP contribution < -0.4 is 15.6 Å². The average molecular weight is 411 g/mol. The fourth-order valence-corrected chi connectivity index (χ4v) is 3.47. The summed E-state index contributed by atoms with van der Waals surface area (Å²) in [5, 5.41) is 16.5. The molecule has 1 fully saturated rings. The lowest BCUT2D eigenvalue weighted by Gasteiger charge is -2.23. The largest absolute Gasteiger partial charge is 0.481 e. The lowest BCUT2D eigenvalue weighted by Crippen LogP contribution is -2.30. The van der Waals surface area contributed by atoms with Crippen LogP contribution in [-0.2, 0) is 4.74 Å². The highest BCUT2D eigenvalue weighted by molar-refractivity contribution is 5.62. The number of nitrogens with one attached hydrogen (secondary N) is 2. The smallest absolute Gasteiger partial charge is 0.280 e. The predicted molar refractivity (Wildman–Crippen MR) is 110 cm³/mol. The molecule has 0 aromatic carbocycles. The molecular formula is C21H25N5O4. The zero-order valence-electron chi connectivity index (χ0n) is 16.7. The summed E-state index contributed by atoms with van der Waals surface area (Å²) in [6, 6.07) is 6.90. The molecular weight excluding hydrogens is 386 g/mol. The number of aromatic amines is 1. The van der Waals surface area contributed by atoms with Gasteiger partial charge in [0, 0.05) is 50.0 Å². The SMILES string of the molecule is COc1cc(-c2c[nH]n(-c3ccc(C(O)NCC4CCOCC4)cn3)c2=O)ccn1. The van der Waals surface area contributed by atoms with Crippen molar-refractivity contribution < 1.29 is 14.6 Å². The van der Waals surface area contributed by atoms with E-state index in [0.29, 0.717) is 34.3 Å². The predicted octanol–water partition coefficient (Wildman–Crippen LogP) is 1.64. The maximum Gasteiger partial charge on any atom is 0.280 e. The Kier molecular flexibility index (Phi) is 6.22. The molecule has 0 spiro atoms. The minimum Gasteiger partial charge on any atom is -0.481 e. The van der Waals surface area contributed by atoms with Gasteiger partial charge >= 0.3 is 0 Å². The van der Waals surface area contributed by atoms with E-state index < -0.39 is 6.23 Å². The molecule has 158 valence electrons. The highest BCUT2D eigenvalue weighted by Crippen LogP contribution is 2.20. The number of aliphatic hydroxyl groups is 1. The van der Waals surface area contributed by atoms with Gasteiger partial charge in [0.25, 0.3) is 5.56 Å². The highest BCUT2D eigenvalue weighted by atomic mass is 16.5. The van der Waals surface area contributed by atoms with Gasteiger partial charge in [0.05, 0.1) is 12.7 Å². The maximum absolute atomic E-state index is 12.8. The van der Waals surface area contributed by atoms with E-state index in [9.17, 15) is 9.90 Å². The number of aliphatic hydroxyl groups excluding tert-OH is 1. The van der Waals surface area contributed by atoms with Crippen LogP contribution in [0.2, 0.25) is 0 Å². The first-order chi connectivity index (χ1) is 14.7. The zero-order chi connectivity index (χ0) is 20.9. The highest BCUT2D eigenvalue weighted by Gasteiger charge is 2.17. The van der Waals surface area contributed by atoms with Crippen LogP contribution in [0.3, 0.4) is 0 Å². The quantitative estimate of drug-likeness (QED) is 0.506. The number of aromatic nitrogens is 4. The van der Waals surface area contributed by atoms with E-state index in [1.54, 1.807) is 42.9 Å². The molecule has 4 rings (SSSR count). The van der Waals surface area contributed by atoms with Crippen molar-refractivity contribution in [3.8, 4) is 22.8 Å². The van der Waals surface area contributed by atoms with Crippen molar-refractivity contribution in [2.45, 2.75) is 19.1 Å². The topological polar surface area (TPSA) is 114 Å². The van der Waals surface area contributed by atoms with Crippen LogP contribution in [0.4, 0.5) is 0 Å². The van der Waals surface area contributed by atoms with Gasteiger partial charge in [-0.15, -0.1) is 0 Å². The van der Waals surface area contributed by atoms with Crippen LogP contribution in [-0.4, -0.2) is 51.7 Å². The first kappa shape index (κ1) is 20.3. The van der Waals surface area contributed by atoms with Crippen molar-refractivity contribution in [1.82, 2.24) is 25.1 Å². The third-order valence-corrected chi connectivity index (χ3v) is 5.28. The molecule has 3 aromatic rings. The Morgan fingerprint density at radius 2 is 2.17 bits per heavy atom. The first-order valence-electron chi connectivity index (χ1n) is 9.92. The van der Waals surface area contributed by atoms with E-state index in [4.69, 9.17) is 9.47 Å². The molecule has 1 aliphatic rings. The molecule has 0 aliphatic carbocycles. The number of H-pyrrole nitrogens is 1. The minimum atomic E-state index is -0.811. The van der Waals surface area contributed by atoms with Crippen LogP contribution in [0, 0.1) is 5.92 Å². The molecule has 3 aromatic heterocycles. The second kappa shape index (κ2) is 9.21.